The summed E-state index contributed by atoms with van der Waals surface area (Å²) in [5, 5.41) is 4.57. The molecule has 0 aliphatic rings. The van der Waals surface area contributed by atoms with Gasteiger partial charge in [-0.3, -0.25) is 4.79 Å². The van der Waals surface area contributed by atoms with E-state index in [1.165, 1.54) is 7.11 Å². The number of anilines is 1. The van der Waals surface area contributed by atoms with Crippen molar-refractivity contribution in [3.63, 3.8) is 0 Å². The molecule has 29 heavy (non-hydrogen) atoms. The van der Waals surface area contributed by atoms with Crippen LogP contribution in [0.5, 0.6) is 5.75 Å². The standard InChI is InChI=1S/C23H19NO5/c1-14-6-5-7-15(10-14)23(26)28-13-22(25)24-18-12-20-17(11-21(18)27-2)16-8-3-4-9-19(16)29-20/h3-12H,13H2,1-2H3,(H,24,25). The first kappa shape index (κ1) is 18.6. The summed E-state index contributed by atoms with van der Waals surface area (Å²) in [5.41, 5.74) is 3.15. The van der Waals surface area contributed by atoms with Crippen molar-refractivity contribution >= 4 is 39.5 Å². The molecule has 4 rings (SSSR count). The Balaban J connectivity index is 1.51. The van der Waals surface area contributed by atoms with E-state index in [1.54, 1.807) is 24.3 Å². The number of hydrogen-bond acceptors (Lipinski definition) is 5. The fourth-order valence-electron chi connectivity index (χ4n) is 3.19. The van der Waals surface area contributed by atoms with Gasteiger partial charge in [0.1, 0.15) is 16.9 Å². The Morgan fingerprint density at radius 2 is 1.79 bits per heavy atom. The smallest absolute Gasteiger partial charge is 0.338 e. The number of nitrogens with one attached hydrogen (secondary N) is 1. The number of carbonyl (C=O) groups excluding carboxylic acids is 2. The molecule has 3 aromatic carbocycles. The second-order valence-electron chi connectivity index (χ2n) is 6.64. The quantitative estimate of drug-likeness (QED) is 0.501. The molecule has 0 spiro atoms. The highest BCUT2D eigenvalue weighted by molar-refractivity contribution is 6.08. The van der Waals surface area contributed by atoms with Gasteiger partial charge < -0.3 is 19.2 Å². The minimum Gasteiger partial charge on any atom is -0.495 e. The van der Waals surface area contributed by atoms with Crippen molar-refractivity contribution in [3.05, 3.63) is 71.8 Å². The second-order valence-corrected chi connectivity index (χ2v) is 6.64. The van der Waals surface area contributed by atoms with Gasteiger partial charge in [-0.2, -0.15) is 0 Å². The van der Waals surface area contributed by atoms with E-state index >= 15 is 0 Å². The van der Waals surface area contributed by atoms with Gasteiger partial charge in [-0.25, -0.2) is 4.79 Å². The van der Waals surface area contributed by atoms with Crippen molar-refractivity contribution in [1.82, 2.24) is 0 Å². The van der Waals surface area contributed by atoms with Gasteiger partial charge in [0.25, 0.3) is 5.91 Å². The topological polar surface area (TPSA) is 77.8 Å². The van der Waals surface area contributed by atoms with Crippen molar-refractivity contribution in [2.75, 3.05) is 19.0 Å². The Bertz CT molecular complexity index is 1220. The van der Waals surface area contributed by atoms with Crippen molar-refractivity contribution in [2.24, 2.45) is 0 Å². The van der Waals surface area contributed by atoms with E-state index in [9.17, 15) is 9.59 Å². The predicted molar refractivity (Wildman–Crippen MR) is 110 cm³/mol. The Hall–Kier alpha value is -3.80. The number of methoxy groups -OCH3 is 1. The average Bonchev–Trinajstić information content (AvgIpc) is 3.08. The number of esters is 1. The van der Waals surface area contributed by atoms with Crippen LogP contribution in [0.25, 0.3) is 21.9 Å². The molecule has 1 amide bonds. The first-order chi connectivity index (χ1) is 14.0. The summed E-state index contributed by atoms with van der Waals surface area (Å²) < 4.78 is 16.4. The third-order valence-corrected chi connectivity index (χ3v) is 4.56. The van der Waals surface area contributed by atoms with E-state index in [1.807, 2.05) is 43.3 Å². The number of aryl methyl sites for hydroxylation is 1. The van der Waals surface area contributed by atoms with Gasteiger partial charge in [0.05, 0.1) is 18.4 Å². The summed E-state index contributed by atoms with van der Waals surface area (Å²) in [4.78, 5) is 24.4. The number of ether oxygens (including phenoxy) is 2. The van der Waals surface area contributed by atoms with Crippen LogP contribution in [0.1, 0.15) is 15.9 Å². The molecule has 0 saturated heterocycles. The van der Waals surface area contributed by atoms with Gasteiger partial charge in [-0.1, -0.05) is 35.9 Å². The zero-order valence-electron chi connectivity index (χ0n) is 16.0. The molecule has 0 saturated carbocycles. The van der Waals surface area contributed by atoms with Gasteiger partial charge in [-0.05, 0) is 31.2 Å². The summed E-state index contributed by atoms with van der Waals surface area (Å²) in [7, 11) is 1.52. The monoisotopic (exact) mass is 389 g/mol. The van der Waals surface area contributed by atoms with Crippen LogP contribution in [-0.2, 0) is 9.53 Å². The number of para-hydroxylation sites is 1. The third kappa shape index (κ3) is 3.78. The van der Waals surface area contributed by atoms with Crippen LogP contribution in [0.4, 0.5) is 5.69 Å². The molecule has 0 radical (unpaired) electrons. The summed E-state index contributed by atoms with van der Waals surface area (Å²) >= 11 is 0. The molecule has 6 heteroatoms. The first-order valence-corrected chi connectivity index (χ1v) is 9.08. The normalized spacial score (nSPS) is 10.8. The SMILES string of the molecule is COc1cc2c(cc1NC(=O)COC(=O)c1cccc(C)c1)oc1ccccc12. The minimum absolute atomic E-state index is 0.402. The predicted octanol–water partition coefficient (Wildman–Crippen LogP) is 4.70. The van der Waals surface area contributed by atoms with E-state index < -0.39 is 18.5 Å². The average molecular weight is 389 g/mol. The van der Waals surface area contributed by atoms with Gasteiger partial charge >= 0.3 is 5.97 Å². The summed E-state index contributed by atoms with van der Waals surface area (Å²) in [6, 6.07) is 18.2. The number of rotatable bonds is 5. The molecule has 1 aromatic heterocycles. The van der Waals surface area contributed by atoms with Gasteiger partial charge in [-0.15, -0.1) is 0 Å². The van der Waals surface area contributed by atoms with Crippen LogP contribution in [0.2, 0.25) is 0 Å². The summed E-state index contributed by atoms with van der Waals surface area (Å²) in [6.45, 7) is 1.47. The lowest BCUT2D eigenvalue weighted by Gasteiger charge is -2.11. The first-order valence-electron chi connectivity index (χ1n) is 9.08. The molecule has 0 aliphatic carbocycles. The van der Waals surface area contributed by atoms with Gasteiger partial charge in [0, 0.05) is 16.8 Å². The summed E-state index contributed by atoms with van der Waals surface area (Å²) in [5.74, 6) is -0.536. The minimum atomic E-state index is -0.552. The Labute approximate surface area is 167 Å². The van der Waals surface area contributed by atoms with E-state index in [0.29, 0.717) is 22.6 Å². The molecule has 4 aromatic rings. The highest BCUT2D eigenvalue weighted by Gasteiger charge is 2.15. The van der Waals surface area contributed by atoms with Crippen molar-refractivity contribution < 1.29 is 23.5 Å². The highest BCUT2D eigenvalue weighted by atomic mass is 16.5. The Morgan fingerprint density at radius 3 is 2.59 bits per heavy atom. The molecule has 6 nitrogen and oxygen atoms in total. The molecule has 0 bridgehead atoms. The summed E-state index contributed by atoms with van der Waals surface area (Å²) in [6.07, 6.45) is 0. The lowest BCUT2D eigenvalue weighted by Crippen LogP contribution is -2.21. The van der Waals surface area contributed by atoms with Crippen LogP contribution in [0.15, 0.2) is 65.1 Å². The third-order valence-electron chi connectivity index (χ3n) is 4.56. The lowest BCUT2D eigenvalue weighted by molar-refractivity contribution is -0.119. The largest absolute Gasteiger partial charge is 0.495 e. The molecule has 0 unspecified atom stereocenters. The molecular formula is C23H19NO5. The molecule has 1 N–H and O–H groups in total. The second kappa shape index (κ2) is 7.67. The van der Waals surface area contributed by atoms with E-state index in [4.69, 9.17) is 13.9 Å². The molecule has 146 valence electrons. The number of amides is 1. The van der Waals surface area contributed by atoms with Crippen LogP contribution >= 0.6 is 0 Å². The fourth-order valence-corrected chi connectivity index (χ4v) is 3.19. The van der Waals surface area contributed by atoms with E-state index in [-0.39, 0.29) is 0 Å². The van der Waals surface area contributed by atoms with Crippen LogP contribution < -0.4 is 10.1 Å². The van der Waals surface area contributed by atoms with E-state index in [2.05, 4.69) is 5.32 Å². The number of carbonyl (C=O) groups is 2. The zero-order chi connectivity index (χ0) is 20.4. The van der Waals surface area contributed by atoms with Crippen LogP contribution in [-0.4, -0.2) is 25.6 Å². The van der Waals surface area contributed by atoms with E-state index in [0.717, 1.165) is 21.9 Å². The molecular weight excluding hydrogens is 370 g/mol. The van der Waals surface area contributed by atoms with Crippen LogP contribution in [0.3, 0.4) is 0 Å². The molecule has 0 atom stereocenters. The molecule has 1 heterocycles. The zero-order valence-corrected chi connectivity index (χ0v) is 16.0. The maximum absolute atomic E-state index is 12.3. The number of hydrogen-bond donors (Lipinski definition) is 1. The van der Waals surface area contributed by atoms with Gasteiger partial charge in [0.2, 0.25) is 0 Å². The number of furan rings is 1. The fraction of sp³-hybridized carbons (Fsp3) is 0.130. The van der Waals surface area contributed by atoms with Crippen LogP contribution in [0, 0.1) is 6.92 Å². The Kier molecular flexibility index (Phi) is 4.91. The maximum atomic E-state index is 12.3. The number of fused-ring (bicyclic) bond motifs is 3. The molecule has 0 aliphatic heterocycles. The van der Waals surface area contributed by atoms with Crippen molar-refractivity contribution in [1.29, 1.82) is 0 Å². The molecule has 0 fully saturated rings. The Morgan fingerprint density at radius 1 is 0.966 bits per heavy atom. The number of benzene rings is 3. The van der Waals surface area contributed by atoms with Crippen molar-refractivity contribution in [2.45, 2.75) is 6.92 Å². The highest BCUT2D eigenvalue weighted by Crippen LogP contribution is 2.36. The lowest BCUT2D eigenvalue weighted by atomic mass is 10.1. The van der Waals surface area contributed by atoms with Crippen molar-refractivity contribution in [3.8, 4) is 5.75 Å². The maximum Gasteiger partial charge on any atom is 0.338 e. The van der Waals surface area contributed by atoms with Gasteiger partial charge in [0.15, 0.2) is 6.61 Å².